The predicted molar refractivity (Wildman–Crippen MR) is 83.0 cm³/mol. The summed E-state index contributed by atoms with van der Waals surface area (Å²) in [5, 5.41) is -0.241. The van der Waals surface area contributed by atoms with Crippen molar-refractivity contribution in [2.24, 2.45) is 0 Å². The van der Waals surface area contributed by atoms with E-state index in [1.165, 1.54) is 11.1 Å². The largest absolute Gasteiger partial charge is 0.467 e. The van der Waals surface area contributed by atoms with E-state index >= 15 is 0 Å². The van der Waals surface area contributed by atoms with E-state index in [9.17, 15) is 0 Å². The van der Waals surface area contributed by atoms with Crippen LogP contribution in [0.25, 0.3) is 11.1 Å². The number of halogens is 1. The molecule has 3 aromatic rings. The Morgan fingerprint density at radius 2 is 1.50 bits per heavy atom. The molecule has 0 bridgehead atoms. The van der Waals surface area contributed by atoms with Crippen molar-refractivity contribution in [3.8, 4) is 11.1 Å². The fourth-order valence-electron chi connectivity index (χ4n) is 2.27. The molecule has 1 atom stereocenters. The molecule has 0 spiro atoms. The van der Waals surface area contributed by atoms with Gasteiger partial charge in [-0.3, -0.25) is 0 Å². The Hall–Kier alpha value is -1.99. The zero-order valence-electron chi connectivity index (χ0n) is 11.2. The van der Waals surface area contributed by atoms with Gasteiger partial charge in [-0.1, -0.05) is 54.6 Å². The van der Waals surface area contributed by atoms with Crippen molar-refractivity contribution in [2.75, 3.05) is 0 Å². The summed E-state index contributed by atoms with van der Waals surface area (Å²) < 4.78 is 5.46. The van der Waals surface area contributed by atoms with Gasteiger partial charge in [0.15, 0.2) is 0 Å². The summed E-state index contributed by atoms with van der Waals surface area (Å²) in [5.41, 5.74) is 4.52. The Bertz CT molecular complexity index is 683. The molecule has 1 nitrogen and oxygen atoms in total. The Morgan fingerprint density at radius 1 is 0.850 bits per heavy atom. The predicted octanol–water partition coefficient (Wildman–Crippen LogP) is 5.58. The number of rotatable bonds is 3. The first-order valence-corrected chi connectivity index (χ1v) is 7.03. The minimum absolute atomic E-state index is 0.241. The quantitative estimate of drug-likeness (QED) is 0.571. The van der Waals surface area contributed by atoms with Crippen molar-refractivity contribution in [3.63, 3.8) is 0 Å². The van der Waals surface area contributed by atoms with Crippen LogP contribution < -0.4 is 0 Å². The third-order valence-electron chi connectivity index (χ3n) is 3.44. The van der Waals surface area contributed by atoms with Crippen LogP contribution in [0.4, 0.5) is 0 Å². The molecular weight excluding hydrogens is 268 g/mol. The maximum atomic E-state index is 6.48. The Kier molecular flexibility index (Phi) is 3.62. The second-order valence-electron chi connectivity index (χ2n) is 4.82. The molecule has 100 valence electrons. The Balaban J connectivity index is 1.89. The van der Waals surface area contributed by atoms with Gasteiger partial charge >= 0.3 is 0 Å². The highest BCUT2D eigenvalue weighted by Gasteiger charge is 2.16. The maximum Gasteiger partial charge on any atom is 0.128 e. The fourth-order valence-corrected chi connectivity index (χ4v) is 2.64. The Morgan fingerprint density at radius 3 is 2.10 bits per heavy atom. The van der Waals surface area contributed by atoms with Gasteiger partial charge in [-0.15, -0.1) is 11.6 Å². The summed E-state index contributed by atoms with van der Waals surface area (Å²) in [7, 11) is 0. The van der Waals surface area contributed by atoms with Crippen LogP contribution in [0.1, 0.15) is 22.3 Å². The van der Waals surface area contributed by atoms with E-state index in [1.807, 2.05) is 31.2 Å². The SMILES string of the molecule is Cc1ccoc1C(Cl)c1ccc(-c2ccccc2)cc1. The lowest BCUT2D eigenvalue weighted by Gasteiger charge is -2.09. The summed E-state index contributed by atoms with van der Waals surface area (Å²) in [6.45, 7) is 2.01. The van der Waals surface area contributed by atoms with Crippen molar-refractivity contribution in [3.05, 3.63) is 83.8 Å². The van der Waals surface area contributed by atoms with Crippen LogP contribution in [0.2, 0.25) is 0 Å². The summed E-state index contributed by atoms with van der Waals surface area (Å²) in [5.74, 6) is 0.819. The normalized spacial score (nSPS) is 12.3. The average Bonchev–Trinajstić information content (AvgIpc) is 2.94. The maximum absolute atomic E-state index is 6.48. The van der Waals surface area contributed by atoms with E-state index in [-0.39, 0.29) is 5.38 Å². The molecule has 0 saturated heterocycles. The monoisotopic (exact) mass is 282 g/mol. The molecule has 0 N–H and O–H groups in total. The molecule has 0 radical (unpaired) electrons. The lowest BCUT2D eigenvalue weighted by molar-refractivity contribution is 0.513. The van der Waals surface area contributed by atoms with Gasteiger partial charge in [0.25, 0.3) is 0 Å². The first kappa shape index (κ1) is 13.0. The van der Waals surface area contributed by atoms with Gasteiger partial charge in [-0.2, -0.15) is 0 Å². The molecule has 1 aromatic heterocycles. The van der Waals surface area contributed by atoms with Crippen molar-refractivity contribution >= 4 is 11.6 Å². The minimum Gasteiger partial charge on any atom is -0.467 e. The molecule has 2 heteroatoms. The van der Waals surface area contributed by atoms with Crippen molar-refractivity contribution in [2.45, 2.75) is 12.3 Å². The number of furan rings is 1. The van der Waals surface area contributed by atoms with Crippen molar-refractivity contribution < 1.29 is 4.42 Å². The third kappa shape index (κ3) is 2.50. The molecule has 20 heavy (non-hydrogen) atoms. The first-order valence-electron chi connectivity index (χ1n) is 6.59. The van der Waals surface area contributed by atoms with E-state index < -0.39 is 0 Å². The van der Waals surface area contributed by atoms with Crippen LogP contribution in [0, 0.1) is 6.92 Å². The van der Waals surface area contributed by atoms with E-state index in [1.54, 1.807) is 6.26 Å². The number of hydrogen-bond donors (Lipinski definition) is 0. The topological polar surface area (TPSA) is 13.1 Å². The van der Waals surface area contributed by atoms with Crippen LogP contribution in [0.3, 0.4) is 0 Å². The number of aryl methyl sites for hydroxylation is 1. The van der Waals surface area contributed by atoms with E-state index in [0.29, 0.717) is 0 Å². The van der Waals surface area contributed by atoms with Crippen LogP contribution in [-0.4, -0.2) is 0 Å². The first-order chi connectivity index (χ1) is 9.75. The van der Waals surface area contributed by atoms with Crippen LogP contribution in [0.5, 0.6) is 0 Å². The standard InChI is InChI=1S/C18H15ClO/c1-13-11-12-20-18(13)17(19)16-9-7-15(8-10-16)14-5-3-2-4-6-14/h2-12,17H,1H3. The summed E-state index contributed by atoms with van der Waals surface area (Å²) >= 11 is 6.48. The molecule has 0 aliphatic rings. The zero-order chi connectivity index (χ0) is 13.9. The smallest absolute Gasteiger partial charge is 0.128 e. The zero-order valence-corrected chi connectivity index (χ0v) is 12.0. The van der Waals surface area contributed by atoms with Crippen LogP contribution in [-0.2, 0) is 0 Å². The summed E-state index contributed by atoms with van der Waals surface area (Å²) in [4.78, 5) is 0. The molecule has 2 aromatic carbocycles. The van der Waals surface area contributed by atoms with Crippen LogP contribution in [0.15, 0.2) is 71.3 Å². The van der Waals surface area contributed by atoms with E-state index in [2.05, 4.69) is 36.4 Å². The summed E-state index contributed by atoms with van der Waals surface area (Å²) in [6.07, 6.45) is 1.68. The van der Waals surface area contributed by atoms with E-state index in [4.69, 9.17) is 16.0 Å². The number of hydrogen-bond acceptors (Lipinski definition) is 1. The molecular formula is C18H15ClO. The van der Waals surface area contributed by atoms with Crippen LogP contribution >= 0.6 is 11.6 Å². The van der Waals surface area contributed by atoms with Gasteiger partial charge in [-0.05, 0) is 35.2 Å². The van der Waals surface area contributed by atoms with Crippen molar-refractivity contribution in [1.29, 1.82) is 0 Å². The highest BCUT2D eigenvalue weighted by atomic mass is 35.5. The molecule has 0 aliphatic carbocycles. The van der Waals surface area contributed by atoms with Gasteiger partial charge in [0.2, 0.25) is 0 Å². The number of benzene rings is 2. The second kappa shape index (κ2) is 5.56. The van der Waals surface area contributed by atoms with Gasteiger partial charge < -0.3 is 4.42 Å². The number of alkyl halides is 1. The average molecular weight is 283 g/mol. The Labute approximate surface area is 123 Å². The molecule has 0 amide bonds. The molecule has 1 heterocycles. The summed E-state index contributed by atoms with van der Waals surface area (Å²) in [6, 6.07) is 20.5. The molecule has 1 unspecified atom stereocenters. The molecule has 0 saturated carbocycles. The van der Waals surface area contributed by atoms with Gasteiger partial charge in [0.1, 0.15) is 11.1 Å². The lowest BCUT2D eigenvalue weighted by atomic mass is 10.0. The second-order valence-corrected chi connectivity index (χ2v) is 5.25. The highest BCUT2D eigenvalue weighted by Crippen LogP contribution is 2.32. The molecule has 0 fully saturated rings. The van der Waals surface area contributed by atoms with Gasteiger partial charge in [0.05, 0.1) is 6.26 Å². The minimum atomic E-state index is -0.241. The van der Waals surface area contributed by atoms with E-state index in [0.717, 1.165) is 16.9 Å². The molecule has 3 rings (SSSR count). The molecule has 0 aliphatic heterocycles. The highest BCUT2D eigenvalue weighted by molar-refractivity contribution is 6.22. The fraction of sp³-hybridized carbons (Fsp3) is 0.111. The lowest BCUT2D eigenvalue weighted by Crippen LogP contribution is -1.93. The van der Waals surface area contributed by atoms with Gasteiger partial charge in [0, 0.05) is 0 Å². The van der Waals surface area contributed by atoms with Gasteiger partial charge in [-0.25, -0.2) is 0 Å². The van der Waals surface area contributed by atoms with Crippen molar-refractivity contribution in [1.82, 2.24) is 0 Å². The third-order valence-corrected chi connectivity index (χ3v) is 3.89.